The van der Waals surface area contributed by atoms with Crippen molar-refractivity contribution in [3.05, 3.63) is 59.7 Å². The van der Waals surface area contributed by atoms with Gasteiger partial charge in [0.05, 0.1) is 18.2 Å². The highest BCUT2D eigenvalue weighted by Crippen LogP contribution is 2.27. The van der Waals surface area contributed by atoms with Gasteiger partial charge in [0.15, 0.2) is 0 Å². The lowest BCUT2D eigenvalue weighted by Crippen LogP contribution is -2.53. The van der Waals surface area contributed by atoms with E-state index in [2.05, 4.69) is 28.2 Å². The Hall–Kier alpha value is -3.43. The maximum absolute atomic E-state index is 13.8. The third kappa shape index (κ3) is 10.1. The van der Waals surface area contributed by atoms with E-state index in [4.69, 9.17) is 0 Å². The number of hydrogen-bond acceptors (Lipinski definition) is 6. The Labute approximate surface area is 262 Å². The molecule has 240 valence electrons. The molecular weight excluding hydrogens is 554 g/mol. The van der Waals surface area contributed by atoms with Crippen molar-refractivity contribution in [1.29, 1.82) is 0 Å². The fourth-order valence-corrected chi connectivity index (χ4v) is 6.04. The first-order valence-corrected chi connectivity index (χ1v) is 16.6. The van der Waals surface area contributed by atoms with Gasteiger partial charge in [0.2, 0.25) is 11.8 Å². The van der Waals surface area contributed by atoms with Crippen LogP contribution in [0, 0.1) is 0 Å². The molecule has 9 heteroatoms. The lowest BCUT2D eigenvalue weighted by molar-refractivity contribution is -0.123. The highest BCUT2D eigenvalue weighted by molar-refractivity contribution is 6.00. The van der Waals surface area contributed by atoms with Gasteiger partial charge in [-0.25, -0.2) is 0 Å². The summed E-state index contributed by atoms with van der Waals surface area (Å²) in [7, 11) is 0. The topological polar surface area (TPSA) is 123 Å². The minimum Gasteiger partial charge on any atom is -0.390 e. The van der Waals surface area contributed by atoms with Crippen molar-refractivity contribution >= 4 is 29.1 Å². The van der Waals surface area contributed by atoms with Crippen molar-refractivity contribution < 1.29 is 19.5 Å². The zero-order valence-electron chi connectivity index (χ0n) is 26.4. The van der Waals surface area contributed by atoms with Crippen LogP contribution in [0.1, 0.15) is 94.0 Å². The molecule has 2 aromatic rings. The van der Waals surface area contributed by atoms with E-state index in [1.165, 1.54) is 6.42 Å². The van der Waals surface area contributed by atoms with Gasteiger partial charge in [0.1, 0.15) is 0 Å². The van der Waals surface area contributed by atoms with Crippen molar-refractivity contribution in [2.45, 2.75) is 109 Å². The average Bonchev–Trinajstić information content (AvgIpc) is 3.48. The van der Waals surface area contributed by atoms with E-state index in [1.54, 1.807) is 17.9 Å². The summed E-state index contributed by atoms with van der Waals surface area (Å²) in [6.45, 7) is 5.51. The van der Waals surface area contributed by atoms with E-state index in [0.29, 0.717) is 30.6 Å². The molecule has 9 nitrogen and oxygen atoms in total. The molecule has 1 saturated carbocycles. The number of rotatable bonds is 16. The van der Waals surface area contributed by atoms with Crippen LogP contribution in [0.25, 0.3) is 0 Å². The number of hydrogen-bond donors (Lipinski definition) is 5. The van der Waals surface area contributed by atoms with E-state index in [1.807, 2.05) is 42.5 Å². The van der Waals surface area contributed by atoms with Crippen molar-refractivity contribution in [3.8, 4) is 0 Å². The highest BCUT2D eigenvalue weighted by Gasteiger charge is 2.27. The van der Waals surface area contributed by atoms with Crippen LogP contribution >= 0.6 is 0 Å². The van der Waals surface area contributed by atoms with E-state index in [-0.39, 0.29) is 30.3 Å². The quantitative estimate of drug-likeness (QED) is 0.179. The third-order valence-corrected chi connectivity index (χ3v) is 8.73. The van der Waals surface area contributed by atoms with Crippen LogP contribution in [-0.2, 0) is 16.0 Å². The maximum Gasteiger partial charge on any atom is 0.251 e. The molecule has 3 amide bonds. The standard InChI is InChI=1S/C35H51N5O4/c1-3-4-11-18-36-29-21-27(22-30(23-29)40-19-12-17-33(40)42)35(44)39-31(20-26-13-7-5-8-14-26)32(41)24-37-25(2)34(43)38-28-15-9-6-10-16-28/h5,7-8,13-14,21-23,25,28,31-32,36-37,41H,3-4,6,9-12,15-20,24H2,1-2H3,(H,38,43)(H,39,44)/t25-,31?,32+/m0/s1. The second kappa shape index (κ2) is 17.2. The summed E-state index contributed by atoms with van der Waals surface area (Å²) in [5, 5.41) is 24.1. The van der Waals surface area contributed by atoms with E-state index >= 15 is 0 Å². The Morgan fingerprint density at radius 1 is 1.02 bits per heavy atom. The highest BCUT2D eigenvalue weighted by atomic mass is 16.3. The molecule has 0 bridgehead atoms. The summed E-state index contributed by atoms with van der Waals surface area (Å²) < 4.78 is 0. The number of carbonyl (C=O) groups excluding carboxylic acids is 3. The van der Waals surface area contributed by atoms with Crippen molar-refractivity contribution in [2.75, 3.05) is 29.9 Å². The number of carbonyl (C=O) groups is 3. The molecule has 1 aliphatic heterocycles. The molecule has 4 rings (SSSR count). The molecule has 0 radical (unpaired) electrons. The number of aliphatic hydroxyl groups is 1. The fraction of sp³-hybridized carbons (Fsp3) is 0.571. The Morgan fingerprint density at radius 2 is 1.80 bits per heavy atom. The van der Waals surface area contributed by atoms with Crippen LogP contribution in [0.4, 0.5) is 11.4 Å². The molecule has 2 fully saturated rings. The van der Waals surface area contributed by atoms with Gasteiger partial charge >= 0.3 is 0 Å². The average molecular weight is 606 g/mol. The lowest BCUT2D eigenvalue weighted by atomic mass is 9.95. The molecule has 3 atom stereocenters. The summed E-state index contributed by atoms with van der Waals surface area (Å²) in [4.78, 5) is 40.9. The van der Waals surface area contributed by atoms with Gasteiger partial charge in [0.25, 0.3) is 5.91 Å². The SMILES string of the molecule is CCCCCNc1cc(C(=O)NC(Cc2ccccc2)[C@H](O)CN[C@@H](C)C(=O)NC2CCCCC2)cc(N2CCCC2=O)c1. The molecule has 5 N–H and O–H groups in total. The zero-order chi connectivity index (χ0) is 31.3. The Morgan fingerprint density at radius 3 is 2.50 bits per heavy atom. The number of nitrogens with one attached hydrogen (secondary N) is 4. The van der Waals surface area contributed by atoms with Crippen LogP contribution in [0.15, 0.2) is 48.5 Å². The first-order valence-electron chi connectivity index (χ1n) is 16.6. The van der Waals surface area contributed by atoms with Crippen LogP contribution in [0.5, 0.6) is 0 Å². The Kier molecular flexibility index (Phi) is 13.1. The molecule has 0 spiro atoms. The second-order valence-electron chi connectivity index (χ2n) is 12.4. The normalized spacial score (nSPS) is 17.6. The van der Waals surface area contributed by atoms with E-state index in [0.717, 1.165) is 69.2 Å². The van der Waals surface area contributed by atoms with Crippen LogP contribution in [-0.4, -0.2) is 66.7 Å². The molecule has 0 aromatic heterocycles. The number of benzene rings is 2. The lowest BCUT2D eigenvalue weighted by Gasteiger charge is -2.28. The fourth-order valence-electron chi connectivity index (χ4n) is 6.04. The number of nitrogens with zero attached hydrogens (tertiary/aromatic N) is 1. The summed E-state index contributed by atoms with van der Waals surface area (Å²) in [6.07, 6.45) is 9.53. The molecule has 1 saturated heterocycles. The van der Waals surface area contributed by atoms with Gasteiger partial charge in [-0.3, -0.25) is 14.4 Å². The zero-order valence-corrected chi connectivity index (χ0v) is 26.4. The number of aliphatic hydroxyl groups excluding tert-OH is 1. The number of anilines is 2. The van der Waals surface area contributed by atoms with Crippen molar-refractivity contribution in [3.63, 3.8) is 0 Å². The molecule has 1 aliphatic carbocycles. The monoisotopic (exact) mass is 605 g/mol. The minimum atomic E-state index is -0.945. The van der Waals surface area contributed by atoms with E-state index in [9.17, 15) is 19.5 Å². The summed E-state index contributed by atoms with van der Waals surface area (Å²) in [5.41, 5.74) is 2.91. The molecular formula is C35H51N5O4. The smallest absolute Gasteiger partial charge is 0.251 e. The minimum absolute atomic E-state index is 0.0598. The molecule has 2 aliphatic rings. The largest absolute Gasteiger partial charge is 0.390 e. The predicted molar refractivity (Wildman–Crippen MR) is 176 cm³/mol. The van der Waals surface area contributed by atoms with Gasteiger partial charge in [-0.2, -0.15) is 0 Å². The van der Waals surface area contributed by atoms with Gasteiger partial charge in [-0.1, -0.05) is 69.4 Å². The van der Waals surface area contributed by atoms with Crippen LogP contribution in [0.3, 0.4) is 0 Å². The molecule has 2 aromatic carbocycles. The van der Waals surface area contributed by atoms with Gasteiger partial charge in [-0.15, -0.1) is 0 Å². The van der Waals surface area contributed by atoms with Gasteiger partial charge in [0, 0.05) is 49.0 Å². The Balaban J connectivity index is 1.46. The van der Waals surface area contributed by atoms with Gasteiger partial charge in [-0.05, 0) is 62.8 Å². The Bertz CT molecular complexity index is 1220. The van der Waals surface area contributed by atoms with Gasteiger partial charge < -0.3 is 31.3 Å². The van der Waals surface area contributed by atoms with Crippen molar-refractivity contribution in [1.82, 2.24) is 16.0 Å². The predicted octanol–water partition coefficient (Wildman–Crippen LogP) is 4.54. The van der Waals surface area contributed by atoms with Crippen LogP contribution < -0.4 is 26.2 Å². The van der Waals surface area contributed by atoms with E-state index < -0.39 is 18.2 Å². The second-order valence-corrected chi connectivity index (χ2v) is 12.4. The number of amides is 3. The number of unbranched alkanes of at least 4 members (excludes halogenated alkanes) is 2. The molecule has 44 heavy (non-hydrogen) atoms. The van der Waals surface area contributed by atoms with Crippen LogP contribution in [0.2, 0.25) is 0 Å². The third-order valence-electron chi connectivity index (χ3n) is 8.73. The summed E-state index contributed by atoms with van der Waals surface area (Å²) in [6, 6.07) is 14.4. The molecule has 1 heterocycles. The first kappa shape index (κ1) is 33.5. The van der Waals surface area contributed by atoms with Crippen molar-refractivity contribution in [2.24, 2.45) is 0 Å². The molecule has 1 unspecified atom stereocenters. The first-order chi connectivity index (χ1) is 21.3. The maximum atomic E-state index is 13.8. The summed E-state index contributed by atoms with van der Waals surface area (Å²) >= 11 is 0. The summed E-state index contributed by atoms with van der Waals surface area (Å²) in [5.74, 6) is -0.331.